The Morgan fingerprint density at radius 2 is 1.39 bits per heavy atom. The number of benzene rings is 2. The minimum atomic E-state index is -0.0894. The molecule has 0 saturated carbocycles. The normalized spacial score (nSPS) is 14.4. The fourth-order valence-electron chi connectivity index (χ4n) is 3.32. The molecule has 2 heterocycles. The van der Waals surface area contributed by atoms with Crippen molar-refractivity contribution in [1.29, 1.82) is 0 Å². The molecule has 1 aromatic heterocycles. The van der Waals surface area contributed by atoms with Crippen molar-refractivity contribution in [3.8, 4) is 5.69 Å². The van der Waals surface area contributed by atoms with Crippen molar-refractivity contribution in [1.82, 2.24) is 19.9 Å². The topological polar surface area (TPSA) is 54.3 Å². The van der Waals surface area contributed by atoms with Gasteiger partial charge in [-0.05, 0) is 55.5 Å². The predicted molar refractivity (Wildman–Crippen MR) is 111 cm³/mol. The van der Waals surface area contributed by atoms with E-state index < -0.39 is 0 Å². The number of rotatable bonds is 3. The lowest BCUT2D eigenvalue weighted by atomic mass is 10.2. The average molecular weight is 416 g/mol. The Balaban J connectivity index is 1.46. The van der Waals surface area contributed by atoms with Gasteiger partial charge in [0.25, 0.3) is 5.91 Å². The van der Waals surface area contributed by atoms with Crippen molar-refractivity contribution in [2.75, 3.05) is 31.1 Å². The van der Waals surface area contributed by atoms with E-state index in [1.165, 1.54) is 0 Å². The van der Waals surface area contributed by atoms with Crippen LogP contribution in [-0.2, 0) is 0 Å². The third-order valence-electron chi connectivity index (χ3n) is 4.93. The highest BCUT2D eigenvalue weighted by molar-refractivity contribution is 6.30. The molecule has 6 nitrogen and oxygen atoms in total. The number of hydrogen-bond acceptors (Lipinski definition) is 4. The Bertz CT molecular complexity index is 977. The van der Waals surface area contributed by atoms with E-state index in [-0.39, 0.29) is 5.91 Å². The number of carbonyl (C=O) groups excluding carboxylic acids is 1. The van der Waals surface area contributed by atoms with E-state index in [2.05, 4.69) is 15.2 Å². The molecule has 0 atom stereocenters. The molecule has 4 rings (SSSR count). The van der Waals surface area contributed by atoms with Crippen molar-refractivity contribution in [3.05, 3.63) is 70.0 Å². The summed E-state index contributed by atoms with van der Waals surface area (Å²) in [7, 11) is 0. The minimum Gasteiger partial charge on any atom is -0.368 e. The number of anilines is 1. The maximum atomic E-state index is 13.0. The van der Waals surface area contributed by atoms with E-state index in [0.717, 1.165) is 29.5 Å². The lowest BCUT2D eigenvalue weighted by Gasteiger charge is -2.35. The largest absolute Gasteiger partial charge is 0.368 e. The summed E-state index contributed by atoms with van der Waals surface area (Å²) in [6.07, 6.45) is 0. The number of carbonyl (C=O) groups is 1. The van der Waals surface area contributed by atoms with Gasteiger partial charge in [-0.25, -0.2) is 4.68 Å². The summed E-state index contributed by atoms with van der Waals surface area (Å²) in [5, 5.41) is 9.66. The van der Waals surface area contributed by atoms with Crippen LogP contribution in [0.5, 0.6) is 0 Å². The summed E-state index contributed by atoms with van der Waals surface area (Å²) < 4.78 is 1.66. The molecule has 8 heteroatoms. The summed E-state index contributed by atoms with van der Waals surface area (Å²) in [5.41, 5.74) is 3.03. The summed E-state index contributed by atoms with van der Waals surface area (Å²) >= 11 is 11.9. The molecule has 0 bridgehead atoms. The lowest BCUT2D eigenvalue weighted by Crippen LogP contribution is -2.49. The monoisotopic (exact) mass is 415 g/mol. The van der Waals surface area contributed by atoms with Crippen LogP contribution in [0.3, 0.4) is 0 Å². The van der Waals surface area contributed by atoms with Crippen molar-refractivity contribution in [2.24, 2.45) is 0 Å². The number of piperazine rings is 1. The van der Waals surface area contributed by atoms with Gasteiger partial charge in [0.2, 0.25) is 0 Å². The van der Waals surface area contributed by atoms with Crippen LogP contribution < -0.4 is 4.90 Å². The maximum absolute atomic E-state index is 13.0. The van der Waals surface area contributed by atoms with Gasteiger partial charge < -0.3 is 9.80 Å². The molecule has 1 amide bonds. The van der Waals surface area contributed by atoms with E-state index in [4.69, 9.17) is 23.2 Å². The van der Waals surface area contributed by atoms with E-state index in [1.807, 2.05) is 48.2 Å². The fraction of sp³-hybridized carbons (Fsp3) is 0.250. The highest BCUT2D eigenvalue weighted by Gasteiger charge is 2.26. The molecule has 1 saturated heterocycles. The van der Waals surface area contributed by atoms with Gasteiger partial charge in [-0.2, -0.15) is 0 Å². The van der Waals surface area contributed by atoms with Crippen molar-refractivity contribution in [2.45, 2.75) is 6.92 Å². The van der Waals surface area contributed by atoms with Crippen molar-refractivity contribution < 1.29 is 4.79 Å². The number of aromatic nitrogens is 3. The van der Waals surface area contributed by atoms with E-state index in [9.17, 15) is 4.79 Å². The molecular weight excluding hydrogens is 397 g/mol. The average Bonchev–Trinajstić information content (AvgIpc) is 3.10. The molecule has 1 fully saturated rings. The third-order valence-corrected chi connectivity index (χ3v) is 5.43. The standard InChI is InChI=1S/C20H19Cl2N5O/c1-14-19(23-24-27(14)18-8-4-16(22)5-9-18)20(28)26-12-10-25(11-13-26)17-6-2-15(21)3-7-17/h2-9H,10-13H2,1H3. The Morgan fingerprint density at radius 3 is 1.96 bits per heavy atom. The smallest absolute Gasteiger partial charge is 0.276 e. The molecule has 0 unspecified atom stereocenters. The van der Waals surface area contributed by atoms with Crippen LogP contribution in [0.4, 0.5) is 5.69 Å². The fourth-order valence-corrected chi connectivity index (χ4v) is 3.58. The molecule has 0 aliphatic carbocycles. The van der Waals surface area contributed by atoms with E-state index >= 15 is 0 Å². The molecule has 0 radical (unpaired) electrons. The molecule has 144 valence electrons. The van der Waals surface area contributed by atoms with Crippen LogP contribution in [0, 0.1) is 6.92 Å². The van der Waals surface area contributed by atoms with Crippen LogP contribution in [0.15, 0.2) is 48.5 Å². The highest BCUT2D eigenvalue weighted by Crippen LogP contribution is 2.21. The van der Waals surface area contributed by atoms with Gasteiger partial charge in [0.15, 0.2) is 5.69 Å². The maximum Gasteiger partial charge on any atom is 0.276 e. The van der Waals surface area contributed by atoms with Gasteiger partial charge in [-0.3, -0.25) is 4.79 Å². The zero-order valence-electron chi connectivity index (χ0n) is 15.3. The van der Waals surface area contributed by atoms with Gasteiger partial charge in [0, 0.05) is 41.9 Å². The number of halogens is 2. The summed E-state index contributed by atoms with van der Waals surface area (Å²) in [6, 6.07) is 15.0. The number of hydrogen-bond donors (Lipinski definition) is 0. The Kier molecular flexibility index (Phi) is 5.24. The van der Waals surface area contributed by atoms with Crippen LogP contribution >= 0.6 is 23.2 Å². The minimum absolute atomic E-state index is 0.0894. The zero-order valence-corrected chi connectivity index (χ0v) is 16.9. The van der Waals surface area contributed by atoms with E-state index in [1.54, 1.807) is 16.8 Å². The van der Waals surface area contributed by atoms with Crippen molar-refractivity contribution >= 4 is 34.8 Å². The molecule has 3 aromatic rings. The third kappa shape index (κ3) is 3.70. The first-order chi connectivity index (χ1) is 13.5. The Labute approximate surface area is 173 Å². The quantitative estimate of drug-likeness (QED) is 0.651. The van der Waals surface area contributed by atoms with Gasteiger partial charge in [0.05, 0.1) is 11.4 Å². The van der Waals surface area contributed by atoms with Crippen LogP contribution in [0.2, 0.25) is 10.0 Å². The molecule has 2 aromatic carbocycles. The van der Waals surface area contributed by atoms with Crippen LogP contribution in [0.25, 0.3) is 5.69 Å². The summed E-state index contributed by atoms with van der Waals surface area (Å²) in [6.45, 7) is 4.64. The highest BCUT2D eigenvalue weighted by atomic mass is 35.5. The molecule has 1 aliphatic heterocycles. The Morgan fingerprint density at radius 1 is 0.857 bits per heavy atom. The second kappa shape index (κ2) is 7.81. The first kappa shape index (κ1) is 18.8. The van der Waals surface area contributed by atoms with Gasteiger partial charge in [-0.15, -0.1) is 5.10 Å². The van der Waals surface area contributed by atoms with Crippen molar-refractivity contribution in [3.63, 3.8) is 0 Å². The molecule has 1 aliphatic rings. The SMILES string of the molecule is Cc1c(C(=O)N2CCN(c3ccc(Cl)cc3)CC2)nnn1-c1ccc(Cl)cc1. The predicted octanol–water partition coefficient (Wildman–Crippen LogP) is 3.84. The van der Waals surface area contributed by atoms with Crippen LogP contribution in [-0.4, -0.2) is 52.0 Å². The lowest BCUT2D eigenvalue weighted by molar-refractivity contribution is 0.0740. The molecule has 0 N–H and O–H groups in total. The van der Waals surface area contributed by atoms with E-state index in [0.29, 0.717) is 29.5 Å². The number of nitrogens with zero attached hydrogens (tertiary/aromatic N) is 5. The zero-order chi connectivity index (χ0) is 19.7. The first-order valence-electron chi connectivity index (χ1n) is 9.01. The molecule has 0 spiro atoms. The summed E-state index contributed by atoms with van der Waals surface area (Å²) in [5.74, 6) is -0.0894. The second-order valence-corrected chi connectivity index (χ2v) is 7.54. The first-order valence-corrected chi connectivity index (χ1v) is 9.76. The number of amides is 1. The molecular formula is C20H19Cl2N5O. The second-order valence-electron chi connectivity index (χ2n) is 6.67. The molecule has 28 heavy (non-hydrogen) atoms. The van der Waals surface area contributed by atoms with Gasteiger partial charge in [0.1, 0.15) is 0 Å². The Hall–Kier alpha value is -2.57. The summed E-state index contributed by atoms with van der Waals surface area (Å²) in [4.78, 5) is 17.0. The van der Waals surface area contributed by atoms with Gasteiger partial charge in [-0.1, -0.05) is 28.4 Å². The van der Waals surface area contributed by atoms with Crippen LogP contribution in [0.1, 0.15) is 16.2 Å². The van der Waals surface area contributed by atoms with Gasteiger partial charge >= 0.3 is 0 Å².